The van der Waals surface area contributed by atoms with E-state index < -0.39 is 4.92 Å². The molecule has 0 saturated carbocycles. The number of halogens is 1. The summed E-state index contributed by atoms with van der Waals surface area (Å²) in [6, 6.07) is 2.77. The van der Waals surface area contributed by atoms with Gasteiger partial charge < -0.3 is 10.2 Å². The number of anilines is 1. The SMILES string of the molecule is CN(C)CC(C)(C)CNc1nc(Cl)ccc1[N+](=O)[O-]. The van der Waals surface area contributed by atoms with Gasteiger partial charge in [0.15, 0.2) is 0 Å². The average molecular weight is 287 g/mol. The predicted octanol–water partition coefficient (Wildman–Crippen LogP) is 2.64. The topological polar surface area (TPSA) is 71.3 Å². The molecule has 1 rings (SSSR count). The smallest absolute Gasteiger partial charge is 0.311 e. The van der Waals surface area contributed by atoms with E-state index in [1.807, 2.05) is 14.1 Å². The van der Waals surface area contributed by atoms with E-state index in [0.717, 1.165) is 6.54 Å². The monoisotopic (exact) mass is 286 g/mol. The van der Waals surface area contributed by atoms with Crippen LogP contribution in [-0.2, 0) is 0 Å². The molecular weight excluding hydrogens is 268 g/mol. The summed E-state index contributed by atoms with van der Waals surface area (Å²) < 4.78 is 0. The molecule has 106 valence electrons. The van der Waals surface area contributed by atoms with E-state index in [1.54, 1.807) is 0 Å². The highest BCUT2D eigenvalue weighted by Gasteiger charge is 2.22. The lowest BCUT2D eigenvalue weighted by Gasteiger charge is -2.28. The van der Waals surface area contributed by atoms with Crippen molar-refractivity contribution in [1.82, 2.24) is 9.88 Å². The first kappa shape index (κ1) is 15.7. The molecule has 6 nitrogen and oxygen atoms in total. The molecule has 0 amide bonds. The van der Waals surface area contributed by atoms with Crippen LogP contribution in [0.2, 0.25) is 5.15 Å². The summed E-state index contributed by atoms with van der Waals surface area (Å²) in [5.41, 5.74) is -0.105. The maximum atomic E-state index is 10.9. The van der Waals surface area contributed by atoms with Crippen LogP contribution in [0, 0.1) is 15.5 Å². The minimum atomic E-state index is -0.468. The van der Waals surface area contributed by atoms with Crippen molar-refractivity contribution >= 4 is 23.1 Å². The third-order valence-corrected chi connectivity index (χ3v) is 2.73. The van der Waals surface area contributed by atoms with Gasteiger partial charge in [-0.25, -0.2) is 4.98 Å². The van der Waals surface area contributed by atoms with Gasteiger partial charge in [-0.15, -0.1) is 0 Å². The minimum absolute atomic E-state index is 0.0403. The Balaban J connectivity index is 2.82. The maximum absolute atomic E-state index is 10.9. The van der Waals surface area contributed by atoms with Gasteiger partial charge in [0, 0.05) is 19.2 Å². The zero-order valence-corrected chi connectivity index (χ0v) is 12.4. The summed E-state index contributed by atoms with van der Waals surface area (Å²) in [6.07, 6.45) is 0. The molecule has 0 unspecified atom stereocenters. The van der Waals surface area contributed by atoms with Gasteiger partial charge in [-0.3, -0.25) is 10.1 Å². The van der Waals surface area contributed by atoms with E-state index in [0.29, 0.717) is 6.54 Å². The van der Waals surface area contributed by atoms with Gasteiger partial charge >= 0.3 is 5.69 Å². The molecule has 0 spiro atoms. The summed E-state index contributed by atoms with van der Waals surface area (Å²) in [4.78, 5) is 16.5. The highest BCUT2D eigenvalue weighted by atomic mass is 35.5. The van der Waals surface area contributed by atoms with Crippen LogP contribution < -0.4 is 5.32 Å². The molecule has 0 aromatic carbocycles. The summed E-state index contributed by atoms with van der Waals surface area (Å²) in [5.74, 6) is 0.212. The lowest BCUT2D eigenvalue weighted by Crippen LogP contribution is -2.34. The van der Waals surface area contributed by atoms with Crippen LogP contribution in [0.25, 0.3) is 0 Å². The van der Waals surface area contributed by atoms with E-state index in [1.165, 1.54) is 12.1 Å². The van der Waals surface area contributed by atoms with Crippen LogP contribution in [0.3, 0.4) is 0 Å². The van der Waals surface area contributed by atoms with E-state index in [-0.39, 0.29) is 22.1 Å². The number of pyridine rings is 1. The molecule has 0 bridgehead atoms. The first-order valence-electron chi connectivity index (χ1n) is 5.91. The predicted molar refractivity (Wildman–Crippen MR) is 76.7 cm³/mol. The Morgan fingerprint density at radius 3 is 2.63 bits per heavy atom. The minimum Gasteiger partial charge on any atom is -0.364 e. The van der Waals surface area contributed by atoms with Gasteiger partial charge in [-0.05, 0) is 25.6 Å². The summed E-state index contributed by atoms with van der Waals surface area (Å²) in [6.45, 7) is 5.58. The van der Waals surface area contributed by atoms with Gasteiger partial charge in [-0.1, -0.05) is 25.4 Å². The number of nitrogens with zero attached hydrogens (tertiary/aromatic N) is 3. The van der Waals surface area contributed by atoms with Crippen molar-refractivity contribution in [2.45, 2.75) is 13.8 Å². The Hall–Kier alpha value is -1.40. The Kier molecular flexibility index (Phi) is 5.08. The quantitative estimate of drug-likeness (QED) is 0.494. The first-order valence-corrected chi connectivity index (χ1v) is 6.28. The molecule has 0 radical (unpaired) electrons. The third-order valence-electron chi connectivity index (χ3n) is 2.52. The first-order chi connectivity index (χ1) is 8.71. The van der Waals surface area contributed by atoms with Crippen LogP contribution in [0.5, 0.6) is 0 Å². The van der Waals surface area contributed by atoms with Crippen molar-refractivity contribution in [3.05, 3.63) is 27.4 Å². The second kappa shape index (κ2) is 6.16. The molecule has 1 heterocycles. The van der Waals surface area contributed by atoms with E-state index in [2.05, 4.69) is 29.0 Å². The summed E-state index contributed by atoms with van der Waals surface area (Å²) in [7, 11) is 3.98. The number of rotatable bonds is 6. The van der Waals surface area contributed by atoms with E-state index in [9.17, 15) is 10.1 Å². The summed E-state index contributed by atoms with van der Waals surface area (Å²) in [5, 5.41) is 14.2. The molecule has 1 aromatic rings. The van der Waals surface area contributed by atoms with Crippen LogP contribution in [0.4, 0.5) is 11.5 Å². The normalized spacial score (nSPS) is 11.7. The molecule has 0 aliphatic carbocycles. The van der Waals surface area contributed by atoms with Gasteiger partial charge in [0.2, 0.25) is 5.82 Å². The molecule has 1 aromatic heterocycles. The molecule has 19 heavy (non-hydrogen) atoms. The van der Waals surface area contributed by atoms with E-state index >= 15 is 0 Å². The highest BCUT2D eigenvalue weighted by Crippen LogP contribution is 2.25. The lowest BCUT2D eigenvalue weighted by atomic mass is 9.93. The fourth-order valence-electron chi connectivity index (χ4n) is 1.94. The number of aromatic nitrogens is 1. The van der Waals surface area contributed by atoms with Gasteiger partial charge in [0.25, 0.3) is 0 Å². The van der Waals surface area contributed by atoms with Crippen LogP contribution in [-0.4, -0.2) is 42.0 Å². The maximum Gasteiger partial charge on any atom is 0.311 e. The molecule has 0 fully saturated rings. The zero-order chi connectivity index (χ0) is 14.6. The summed E-state index contributed by atoms with van der Waals surface area (Å²) >= 11 is 5.77. The van der Waals surface area contributed by atoms with Crippen molar-refractivity contribution in [2.24, 2.45) is 5.41 Å². The van der Waals surface area contributed by atoms with Gasteiger partial charge in [-0.2, -0.15) is 0 Å². The standard InChI is InChI=1S/C12H19ClN4O2/c1-12(2,8-16(3)4)7-14-11-9(17(18)19)5-6-10(13)15-11/h5-6H,7-8H2,1-4H3,(H,14,15). The molecular formula is C12H19ClN4O2. The van der Waals surface area contributed by atoms with Gasteiger partial charge in [0.1, 0.15) is 5.15 Å². The van der Waals surface area contributed by atoms with Crippen LogP contribution >= 0.6 is 11.6 Å². The fourth-order valence-corrected chi connectivity index (χ4v) is 2.09. The second-order valence-corrected chi connectivity index (χ2v) is 5.90. The molecule has 0 aliphatic rings. The van der Waals surface area contributed by atoms with Crippen molar-refractivity contribution in [1.29, 1.82) is 0 Å². The van der Waals surface area contributed by atoms with Crippen molar-refractivity contribution < 1.29 is 4.92 Å². The Labute approximate surface area is 117 Å². The number of nitrogens with one attached hydrogen (secondary N) is 1. The molecule has 0 aliphatic heterocycles. The molecule has 0 saturated heterocycles. The number of nitro groups is 1. The van der Waals surface area contributed by atoms with Crippen molar-refractivity contribution in [2.75, 3.05) is 32.5 Å². The van der Waals surface area contributed by atoms with Crippen molar-refractivity contribution in [3.8, 4) is 0 Å². The molecule has 7 heteroatoms. The lowest BCUT2D eigenvalue weighted by molar-refractivity contribution is -0.384. The second-order valence-electron chi connectivity index (χ2n) is 5.51. The van der Waals surface area contributed by atoms with Crippen LogP contribution in [0.15, 0.2) is 12.1 Å². The average Bonchev–Trinajstić information content (AvgIpc) is 2.24. The third kappa shape index (κ3) is 5.00. The highest BCUT2D eigenvalue weighted by molar-refractivity contribution is 6.29. The molecule has 1 N–H and O–H groups in total. The van der Waals surface area contributed by atoms with E-state index in [4.69, 9.17) is 11.6 Å². The Morgan fingerprint density at radius 2 is 2.11 bits per heavy atom. The molecule has 0 atom stereocenters. The number of hydrogen-bond acceptors (Lipinski definition) is 5. The Morgan fingerprint density at radius 1 is 1.47 bits per heavy atom. The fraction of sp³-hybridized carbons (Fsp3) is 0.583. The van der Waals surface area contributed by atoms with Crippen LogP contribution in [0.1, 0.15) is 13.8 Å². The zero-order valence-electron chi connectivity index (χ0n) is 11.6. The largest absolute Gasteiger partial charge is 0.364 e. The van der Waals surface area contributed by atoms with Crippen molar-refractivity contribution in [3.63, 3.8) is 0 Å². The van der Waals surface area contributed by atoms with Gasteiger partial charge in [0.05, 0.1) is 4.92 Å². The Bertz CT molecular complexity index is 463. The number of hydrogen-bond donors (Lipinski definition) is 1.